The second-order valence-electron chi connectivity index (χ2n) is 14.9. The van der Waals surface area contributed by atoms with Crippen LogP contribution in [-0.4, -0.2) is 108 Å². The summed E-state index contributed by atoms with van der Waals surface area (Å²) in [6, 6.07) is 5.97. The Morgan fingerprint density at radius 1 is 1.11 bits per heavy atom. The molecule has 278 valence electrons. The lowest BCUT2D eigenvalue weighted by Gasteiger charge is -2.47. The minimum absolute atomic E-state index is 0.0163. The highest BCUT2D eigenvalue weighted by atomic mass is 19.1. The monoisotopic (exact) mass is 726 g/mol. The van der Waals surface area contributed by atoms with Gasteiger partial charge in [-0.25, -0.2) is 13.6 Å². The van der Waals surface area contributed by atoms with Crippen molar-refractivity contribution in [3.63, 3.8) is 0 Å². The molecule has 1 N–H and O–H groups in total. The SMILES string of the molecule is C#Cc1c(F)ccc2cc(O)cc(-c3ncc4c(N5CCCOCC5)nc(OCC56CCCC5N(CCC5CN(C(=O)OC)C5)CCC6)nc4c3F)c12. The van der Waals surface area contributed by atoms with Gasteiger partial charge in [-0.05, 0) is 81.1 Å². The first-order valence-corrected chi connectivity index (χ1v) is 18.6. The maximum atomic E-state index is 17.0. The number of phenols is 1. The number of halogens is 2. The molecule has 4 aromatic rings. The van der Waals surface area contributed by atoms with Crippen LogP contribution >= 0.6 is 0 Å². The van der Waals surface area contributed by atoms with E-state index in [0.717, 1.165) is 71.1 Å². The molecule has 11 nitrogen and oxygen atoms in total. The van der Waals surface area contributed by atoms with Crippen LogP contribution in [0, 0.1) is 35.3 Å². The Morgan fingerprint density at radius 3 is 2.79 bits per heavy atom. The molecule has 3 saturated heterocycles. The number of aromatic hydroxyl groups is 1. The third-order valence-corrected chi connectivity index (χ3v) is 11.7. The molecule has 5 heterocycles. The zero-order valence-corrected chi connectivity index (χ0v) is 30.0. The predicted molar refractivity (Wildman–Crippen MR) is 196 cm³/mol. The van der Waals surface area contributed by atoms with E-state index in [0.29, 0.717) is 61.5 Å². The van der Waals surface area contributed by atoms with Crippen molar-refractivity contribution in [3.05, 3.63) is 47.7 Å². The fourth-order valence-electron chi connectivity index (χ4n) is 9.09. The van der Waals surface area contributed by atoms with Crippen LogP contribution in [0.5, 0.6) is 11.8 Å². The first-order chi connectivity index (χ1) is 25.8. The Kier molecular flexibility index (Phi) is 9.68. The number of amides is 1. The van der Waals surface area contributed by atoms with Crippen molar-refractivity contribution in [1.82, 2.24) is 24.8 Å². The molecule has 2 aromatic carbocycles. The summed E-state index contributed by atoms with van der Waals surface area (Å²) in [6.45, 7) is 6.19. The van der Waals surface area contributed by atoms with E-state index < -0.39 is 11.6 Å². The highest BCUT2D eigenvalue weighted by Gasteiger charge is 2.48. The number of aromatic nitrogens is 3. The zero-order chi connectivity index (χ0) is 36.7. The third-order valence-electron chi connectivity index (χ3n) is 11.7. The zero-order valence-electron chi connectivity index (χ0n) is 30.0. The van der Waals surface area contributed by atoms with Gasteiger partial charge in [0.1, 0.15) is 28.6 Å². The number of benzene rings is 2. The fraction of sp³-hybridized carbons (Fsp3) is 0.500. The van der Waals surface area contributed by atoms with Crippen LogP contribution in [0.4, 0.5) is 19.4 Å². The number of ether oxygens (including phenoxy) is 3. The predicted octanol–water partition coefficient (Wildman–Crippen LogP) is 6.14. The van der Waals surface area contributed by atoms with E-state index in [1.807, 2.05) is 0 Å². The smallest absolute Gasteiger partial charge is 0.409 e. The molecule has 53 heavy (non-hydrogen) atoms. The van der Waals surface area contributed by atoms with Crippen molar-refractivity contribution >= 4 is 33.6 Å². The van der Waals surface area contributed by atoms with E-state index in [2.05, 4.69) is 25.7 Å². The summed E-state index contributed by atoms with van der Waals surface area (Å²) < 4.78 is 49.0. The van der Waals surface area contributed by atoms with E-state index >= 15 is 4.39 Å². The summed E-state index contributed by atoms with van der Waals surface area (Å²) in [4.78, 5) is 32.3. The van der Waals surface area contributed by atoms with E-state index in [9.17, 15) is 14.3 Å². The van der Waals surface area contributed by atoms with Crippen molar-refractivity contribution in [1.29, 1.82) is 0 Å². The highest BCUT2D eigenvalue weighted by Crippen LogP contribution is 2.48. The van der Waals surface area contributed by atoms with Gasteiger partial charge in [0.25, 0.3) is 0 Å². The van der Waals surface area contributed by atoms with Gasteiger partial charge in [-0.1, -0.05) is 18.4 Å². The van der Waals surface area contributed by atoms with Gasteiger partial charge >= 0.3 is 12.1 Å². The Bertz CT molecular complexity index is 2080. The number of anilines is 1. The molecule has 1 aliphatic carbocycles. The van der Waals surface area contributed by atoms with Crippen LogP contribution in [0.1, 0.15) is 50.5 Å². The quantitative estimate of drug-likeness (QED) is 0.213. The number of fused-ring (bicyclic) bond motifs is 3. The number of carbonyl (C=O) groups is 1. The lowest BCUT2D eigenvalue weighted by molar-refractivity contribution is -0.00815. The Labute approximate surface area is 307 Å². The van der Waals surface area contributed by atoms with Gasteiger partial charge in [0.15, 0.2) is 5.82 Å². The summed E-state index contributed by atoms with van der Waals surface area (Å²) in [7, 11) is 1.42. The molecular weight excluding hydrogens is 682 g/mol. The normalized spacial score (nSPS) is 22.3. The van der Waals surface area contributed by atoms with Gasteiger partial charge in [0, 0.05) is 61.4 Å². The van der Waals surface area contributed by atoms with Gasteiger partial charge in [-0.15, -0.1) is 6.42 Å². The molecule has 2 atom stereocenters. The molecule has 13 heteroatoms. The van der Waals surface area contributed by atoms with Crippen molar-refractivity contribution in [3.8, 4) is 35.4 Å². The average molecular weight is 727 g/mol. The molecule has 3 aliphatic heterocycles. The molecule has 1 saturated carbocycles. The lowest BCUT2D eigenvalue weighted by atomic mass is 9.75. The van der Waals surface area contributed by atoms with Gasteiger partial charge < -0.3 is 29.1 Å². The number of likely N-dealkylation sites (tertiary alicyclic amines) is 2. The molecule has 4 fully saturated rings. The minimum Gasteiger partial charge on any atom is -0.508 e. The van der Waals surface area contributed by atoms with E-state index in [1.165, 1.54) is 37.6 Å². The highest BCUT2D eigenvalue weighted by molar-refractivity contribution is 6.03. The maximum Gasteiger partial charge on any atom is 0.409 e. The van der Waals surface area contributed by atoms with Crippen LogP contribution in [0.25, 0.3) is 32.9 Å². The number of nitrogens with zero attached hydrogens (tertiary/aromatic N) is 6. The number of terminal acetylenes is 1. The van der Waals surface area contributed by atoms with E-state index in [4.69, 9.17) is 25.6 Å². The lowest BCUT2D eigenvalue weighted by Crippen LogP contribution is -2.54. The van der Waals surface area contributed by atoms with Crippen LogP contribution in [0.2, 0.25) is 0 Å². The van der Waals surface area contributed by atoms with Gasteiger partial charge in [0.2, 0.25) is 0 Å². The number of hydrogen-bond donors (Lipinski definition) is 1. The molecule has 2 aromatic heterocycles. The summed E-state index contributed by atoms with van der Waals surface area (Å²) in [5.74, 6) is 1.87. The number of hydrogen-bond acceptors (Lipinski definition) is 10. The summed E-state index contributed by atoms with van der Waals surface area (Å²) >= 11 is 0. The second-order valence-corrected chi connectivity index (χ2v) is 14.9. The molecular formula is C40H44F2N6O5. The van der Waals surface area contributed by atoms with E-state index in [-0.39, 0.29) is 51.0 Å². The first-order valence-electron chi connectivity index (χ1n) is 18.6. The van der Waals surface area contributed by atoms with Crippen molar-refractivity contribution < 1.29 is 32.9 Å². The molecule has 0 radical (unpaired) electrons. The molecule has 0 bridgehead atoms. The number of pyridine rings is 1. The average Bonchev–Trinajstić information content (AvgIpc) is 3.40. The first kappa shape index (κ1) is 35.2. The van der Waals surface area contributed by atoms with Crippen molar-refractivity contribution in [2.45, 2.75) is 51.0 Å². The summed E-state index contributed by atoms with van der Waals surface area (Å²) in [6.07, 6.45) is 14.1. The molecule has 2 unspecified atom stereocenters. The largest absolute Gasteiger partial charge is 0.508 e. The number of methoxy groups -OCH3 is 1. The molecule has 1 amide bonds. The third kappa shape index (κ3) is 6.56. The summed E-state index contributed by atoms with van der Waals surface area (Å²) in [5, 5.41) is 11.8. The van der Waals surface area contributed by atoms with Crippen LogP contribution in [0.15, 0.2) is 30.5 Å². The number of rotatable bonds is 8. The Hall–Kier alpha value is -4.80. The topological polar surface area (TPSA) is 113 Å². The van der Waals surface area contributed by atoms with Crippen molar-refractivity contribution in [2.75, 3.05) is 71.1 Å². The van der Waals surface area contributed by atoms with Crippen molar-refractivity contribution in [2.24, 2.45) is 11.3 Å². The Balaban J connectivity index is 1.12. The van der Waals surface area contributed by atoms with Gasteiger partial charge in [0.05, 0.1) is 31.3 Å². The number of carbonyl (C=O) groups excluding carboxylic acids is 1. The Morgan fingerprint density at radius 2 is 1.96 bits per heavy atom. The van der Waals surface area contributed by atoms with Crippen LogP contribution < -0.4 is 9.64 Å². The molecule has 8 rings (SSSR count). The molecule has 4 aliphatic rings. The van der Waals surface area contributed by atoms with Crippen LogP contribution in [0.3, 0.4) is 0 Å². The van der Waals surface area contributed by atoms with Crippen LogP contribution in [-0.2, 0) is 9.47 Å². The number of piperidine rings is 1. The van der Waals surface area contributed by atoms with Gasteiger partial charge in [-0.3, -0.25) is 9.88 Å². The standard InChI is InChI=1S/C40H44F2N6O5/c1-3-28-31(41)9-8-26-19-27(49)20-29(33(26)28)35-34(42)36-30(21-43-35)37(47-14-6-17-52-18-16-47)45-38(44-36)53-24-40-11-4-7-32(40)46(13-5-12-40)15-10-25-22-48(23-25)39(50)51-2/h1,8-9,19-21,25,32,49H,4-7,10-18,22-24H2,2H3. The van der Waals surface area contributed by atoms with Gasteiger partial charge in [-0.2, -0.15) is 9.97 Å². The second kappa shape index (κ2) is 14.6. The minimum atomic E-state index is -0.747. The number of phenolic OH excluding ortho intramolecular Hbond substituents is 1. The fourth-order valence-corrected chi connectivity index (χ4v) is 9.09. The molecule has 0 spiro atoms. The maximum absolute atomic E-state index is 17.0. The van der Waals surface area contributed by atoms with E-state index in [1.54, 1.807) is 4.90 Å². The summed E-state index contributed by atoms with van der Waals surface area (Å²) in [5.41, 5.74) is -0.0642.